The van der Waals surface area contributed by atoms with Gasteiger partial charge in [0.2, 0.25) is 0 Å². The van der Waals surface area contributed by atoms with Crippen molar-refractivity contribution in [3.05, 3.63) is 64.4 Å². The fourth-order valence-electron chi connectivity index (χ4n) is 2.27. The molecule has 25 heavy (non-hydrogen) atoms. The monoisotopic (exact) mass is 468 g/mol. The highest BCUT2D eigenvalue weighted by molar-refractivity contribution is 14.0. The molecule has 0 fully saturated rings. The molecule has 0 aliphatic heterocycles. The molecule has 0 aliphatic carbocycles. The first-order valence-electron chi connectivity index (χ1n) is 7.68. The van der Waals surface area contributed by atoms with Gasteiger partial charge in [-0.2, -0.15) is 5.10 Å². The summed E-state index contributed by atoms with van der Waals surface area (Å²) in [5.74, 6) is 0.793. The number of rotatable bonds is 5. The van der Waals surface area contributed by atoms with Gasteiger partial charge in [-0.15, -0.1) is 35.3 Å². The predicted molar refractivity (Wildman–Crippen MR) is 113 cm³/mol. The van der Waals surface area contributed by atoms with Crippen LogP contribution in [0.1, 0.15) is 15.3 Å². The lowest BCUT2D eigenvalue weighted by atomic mass is 10.2. The minimum Gasteiger partial charge on any atom is -0.352 e. The predicted octanol–water partition coefficient (Wildman–Crippen LogP) is 3.12. The third-order valence-corrected chi connectivity index (χ3v) is 4.53. The van der Waals surface area contributed by atoms with Crippen molar-refractivity contribution >= 4 is 41.3 Å². The van der Waals surface area contributed by atoms with Crippen LogP contribution in [0, 0.1) is 6.92 Å². The molecule has 132 valence electrons. The van der Waals surface area contributed by atoms with Gasteiger partial charge in [-0.3, -0.25) is 4.99 Å². The van der Waals surface area contributed by atoms with E-state index in [2.05, 4.69) is 56.9 Å². The van der Waals surface area contributed by atoms with Crippen LogP contribution in [0.3, 0.4) is 0 Å². The first-order chi connectivity index (χ1) is 11.7. The quantitative estimate of drug-likeness (QED) is 0.343. The summed E-state index contributed by atoms with van der Waals surface area (Å²) in [6.07, 6.45) is 3.21. The van der Waals surface area contributed by atoms with Crippen LogP contribution in [0.4, 0.5) is 0 Å². The van der Waals surface area contributed by atoms with Crippen molar-refractivity contribution in [3.8, 4) is 5.69 Å². The first kappa shape index (κ1) is 19.4. The zero-order chi connectivity index (χ0) is 16.8. The summed E-state index contributed by atoms with van der Waals surface area (Å²) in [7, 11) is 1.78. The fraction of sp³-hybridized carbons (Fsp3) is 0.235. The minimum absolute atomic E-state index is 0. The summed E-state index contributed by atoms with van der Waals surface area (Å²) in [5, 5.41) is 10.8. The largest absolute Gasteiger partial charge is 0.352 e. The molecule has 0 saturated heterocycles. The summed E-state index contributed by atoms with van der Waals surface area (Å²) in [5.41, 5.74) is 2.17. The van der Waals surface area contributed by atoms with Crippen LogP contribution < -0.4 is 10.6 Å². The number of guanidine groups is 1. The van der Waals surface area contributed by atoms with E-state index in [1.165, 1.54) is 21.6 Å². The van der Waals surface area contributed by atoms with Gasteiger partial charge in [0, 0.05) is 23.3 Å². The Morgan fingerprint density at radius 3 is 2.48 bits per heavy atom. The number of benzene rings is 1. The molecular weight excluding hydrogens is 447 g/mol. The van der Waals surface area contributed by atoms with Crippen molar-refractivity contribution in [1.29, 1.82) is 0 Å². The Kier molecular flexibility index (Phi) is 7.38. The average Bonchev–Trinajstić information content (AvgIpc) is 3.27. The van der Waals surface area contributed by atoms with Gasteiger partial charge in [0.15, 0.2) is 5.96 Å². The average molecular weight is 468 g/mol. The lowest BCUT2D eigenvalue weighted by Gasteiger charge is -2.11. The molecule has 0 radical (unpaired) electrons. The molecule has 0 unspecified atom stereocenters. The molecule has 0 amide bonds. The number of nitrogens with zero attached hydrogens (tertiary/aromatic N) is 4. The van der Waals surface area contributed by atoms with E-state index in [0.717, 1.165) is 18.2 Å². The Morgan fingerprint density at radius 2 is 1.88 bits per heavy atom. The summed E-state index contributed by atoms with van der Waals surface area (Å²) in [4.78, 5) is 10.8. The molecule has 2 heterocycles. The molecule has 3 rings (SSSR count). The number of aryl methyl sites for hydroxylation is 1. The number of aliphatic imine (C=N–C) groups is 1. The van der Waals surface area contributed by atoms with Crippen LogP contribution in [0.15, 0.2) is 54.0 Å². The van der Waals surface area contributed by atoms with E-state index in [1.807, 2.05) is 12.1 Å². The highest BCUT2D eigenvalue weighted by Crippen LogP contribution is 2.14. The maximum absolute atomic E-state index is 4.26. The third kappa shape index (κ3) is 5.53. The van der Waals surface area contributed by atoms with E-state index < -0.39 is 0 Å². The topological polar surface area (TPSA) is 67.1 Å². The lowest BCUT2D eigenvalue weighted by molar-refractivity contribution is 0.814. The molecule has 0 atom stereocenters. The van der Waals surface area contributed by atoms with Crippen molar-refractivity contribution < 1.29 is 0 Å². The highest BCUT2D eigenvalue weighted by atomic mass is 127. The number of hydrogen-bond acceptors (Lipinski definition) is 4. The molecule has 1 aromatic carbocycles. The zero-order valence-corrected chi connectivity index (χ0v) is 17.3. The van der Waals surface area contributed by atoms with Crippen LogP contribution in [0.2, 0.25) is 0 Å². The van der Waals surface area contributed by atoms with Crippen molar-refractivity contribution in [3.63, 3.8) is 0 Å². The summed E-state index contributed by atoms with van der Waals surface area (Å²) < 4.78 is 1.74. The maximum Gasteiger partial charge on any atom is 0.191 e. The second kappa shape index (κ2) is 9.52. The minimum atomic E-state index is 0. The Morgan fingerprint density at radius 1 is 1.12 bits per heavy atom. The van der Waals surface area contributed by atoms with Gasteiger partial charge in [-0.1, -0.05) is 12.1 Å². The number of halogens is 1. The Hall–Kier alpha value is -1.94. The zero-order valence-electron chi connectivity index (χ0n) is 14.1. The van der Waals surface area contributed by atoms with Crippen molar-refractivity contribution in [1.82, 2.24) is 25.4 Å². The van der Waals surface area contributed by atoms with Gasteiger partial charge in [-0.05, 0) is 36.8 Å². The third-order valence-electron chi connectivity index (χ3n) is 3.53. The van der Waals surface area contributed by atoms with E-state index in [0.29, 0.717) is 6.54 Å². The lowest BCUT2D eigenvalue weighted by Crippen LogP contribution is -2.36. The molecular formula is C17H21IN6S. The van der Waals surface area contributed by atoms with Gasteiger partial charge in [-0.25, -0.2) is 9.67 Å². The van der Waals surface area contributed by atoms with Crippen LogP contribution in [-0.2, 0) is 13.1 Å². The summed E-state index contributed by atoms with van der Waals surface area (Å²) >= 11 is 1.80. The maximum atomic E-state index is 4.26. The number of nitrogens with one attached hydrogen (secondary N) is 2. The molecule has 3 aromatic rings. The number of thiophene rings is 1. The Labute approximate surface area is 168 Å². The van der Waals surface area contributed by atoms with E-state index >= 15 is 0 Å². The van der Waals surface area contributed by atoms with Crippen LogP contribution in [0.5, 0.6) is 0 Å². The normalized spacial score (nSPS) is 11.0. The van der Waals surface area contributed by atoms with Crippen molar-refractivity contribution in [2.75, 3.05) is 7.05 Å². The molecule has 2 aromatic heterocycles. The molecule has 2 N–H and O–H groups in total. The molecule has 8 heteroatoms. The number of hydrogen-bond donors (Lipinski definition) is 2. The SMILES string of the molecule is CN=C(NCc1ccc(-n2cncn2)cc1)NCc1ccc(C)s1.I. The van der Waals surface area contributed by atoms with E-state index in [9.17, 15) is 0 Å². The molecule has 0 bridgehead atoms. The fourth-order valence-corrected chi connectivity index (χ4v) is 3.10. The van der Waals surface area contributed by atoms with Gasteiger partial charge < -0.3 is 10.6 Å². The van der Waals surface area contributed by atoms with Crippen LogP contribution in [-0.4, -0.2) is 27.8 Å². The van der Waals surface area contributed by atoms with Gasteiger partial charge in [0.05, 0.1) is 12.2 Å². The highest BCUT2D eigenvalue weighted by Gasteiger charge is 2.02. The van der Waals surface area contributed by atoms with E-state index in [-0.39, 0.29) is 24.0 Å². The van der Waals surface area contributed by atoms with Crippen molar-refractivity contribution in [2.24, 2.45) is 4.99 Å². The Balaban J connectivity index is 0.00000225. The second-order valence-electron chi connectivity index (χ2n) is 5.30. The Bertz CT molecular complexity index is 795. The molecule has 0 aliphatic rings. The standard InChI is InChI=1S/C17H20N6S.HI/c1-13-3-8-16(24-13)10-21-17(18-2)20-9-14-4-6-15(7-5-14)23-12-19-11-22-23;/h3-8,11-12H,9-10H2,1-2H3,(H2,18,20,21);1H. The van der Waals surface area contributed by atoms with Gasteiger partial charge in [0.25, 0.3) is 0 Å². The van der Waals surface area contributed by atoms with Gasteiger partial charge in [0.1, 0.15) is 12.7 Å². The smallest absolute Gasteiger partial charge is 0.191 e. The summed E-state index contributed by atoms with van der Waals surface area (Å²) in [6.45, 7) is 3.61. The molecule has 0 saturated carbocycles. The summed E-state index contributed by atoms with van der Waals surface area (Å²) in [6, 6.07) is 12.5. The van der Waals surface area contributed by atoms with Crippen molar-refractivity contribution in [2.45, 2.75) is 20.0 Å². The van der Waals surface area contributed by atoms with Crippen LogP contribution in [0.25, 0.3) is 5.69 Å². The van der Waals surface area contributed by atoms with E-state index in [1.54, 1.807) is 29.4 Å². The molecule has 0 spiro atoms. The van der Waals surface area contributed by atoms with E-state index in [4.69, 9.17) is 0 Å². The van der Waals surface area contributed by atoms with Crippen LogP contribution >= 0.6 is 35.3 Å². The second-order valence-corrected chi connectivity index (χ2v) is 6.67. The first-order valence-corrected chi connectivity index (χ1v) is 8.50. The van der Waals surface area contributed by atoms with Gasteiger partial charge >= 0.3 is 0 Å². The number of aromatic nitrogens is 3. The molecule has 6 nitrogen and oxygen atoms in total.